The number of hydrogen-bond donors (Lipinski definition) is 1. The van der Waals surface area contributed by atoms with Crippen molar-refractivity contribution in [3.63, 3.8) is 0 Å². The van der Waals surface area contributed by atoms with Gasteiger partial charge in [-0.1, -0.05) is 24.3 Å². The number of sulfone groups is 1. The van der Waals surface area contributed by atoms with Gasteiger partial charge in [0.05, 0.1) is 11.4 Å². The standard InChI is InChI=1S/C20H21N3O5S2/c24-18(13-30(27,28)15-6-2-1-3-7-15)22-8-9-23-17(12-22)19(25)21-16(20(23)26)11-14-5-4-10-29-14/h1-7,10,16-17H,8-9,11-13H2,(H,21,25)/t16-,17+/m1/s1. The number of thiophene rings is 1. The van der Waals surface area contributed by atoms with Crippen LogP contribution < -0.4 is 5.32 Å². The summed E-state index contributed by atoms with van der Waals surface area (Å²) in [6, 6.07) is 10.2. The van der Waals surface area contributed by atoms with E-state index in [-0.39, 0.29) is 36.3 Å². The van der Waals surface area contributed by atoms with Gasteiger partial charge in [0.25, 0.3) is 0 Å². The first-order chi connectivity index (χ1) is 14.3. The lowest BCUT2D eigenvalue weighted by atomic mass is 10.0. The van der Waals surface area contributed by atoms with Gasteiger partial charge in [0, 0.05) is 24.4 Å². The molecule has 0 bridgehead atoms. The molecule has 3 amide bonds. The summed E-state index contributed by atoms with van der Waals surface area (Å²) in [5.41, 5.74) is 0. The first kappa shape index (κ1) is 20.5. The maximum absolute atomic E-state index is 12.8. The van der Waals surface area contributed by atoms with E-state index in [9.17, 15) is 22.8 Å². The Morgan fingerprint density at radius 1 is 1.10 bits per heavy atom. The van der Waals surface area contributed by atoms with E-state index in [2.05, 4.69) is 5.32 Å². The number of fused-ring (bicyclic) bond motifs is 1. The molecule has 2 atom stereocenters. The predicted octanol–water partition coefficient (Wildman–Crippen LogP) is 0.302. The molecule has 8 nitrogen and oxygen atoms in total. The van der Waals surface area contributed by atoms with Crippen molar-refractivity contribution in [2.24, 2.45) is 0 Å². The van der Waals surface area contributed by atoms with Crippen LogP contribution in [0.2, 0.25) is 0 Å². The van der Waals surface area contributed by atoms with Gasteiger partial charge in [-0.25, -0.2) is 8.42 Å². The molecule has 2 saturated heterocycles. The van der Waals surface area contributed by atoms with Gasteiger partial charge >= 0.3 is 0 Å². The summed E-state index contributed by atoms with van der Waals surface area (Å²) >= 11 is 1.53. The van der Waals surface area contributed by atoms with Crippen molar-refractivity contribution in [3.05, 3.63) is 52.7 Å². The topological polar surface area (TPSA) is 104 Å². The van der Waals surface area contributed by atoms with E-state index in [1.807, 2.05) is 17.5 Å². The Balaban J connectivity index is 1.42. The summed E-state index contributed by atoms with van der Waals surface area (Å²) in [6.07, 6.45) is 0.434. The Bertz CT molecular complexity index is 1050. The maximum atomic E-state index is 12.8. The molecule has 0 spiro atoms. The van der Waals surface area contributed by atoms with Gasteiger partial charge in [-0.3, -0.25) is 14.4 Å². The van der Waals surface area contributed by atoms with E-state index in [1.54, 1.807) is 18.2 Å². The molecule has 30 heavy (non-hydrogen) atoms. The summed E-state index contributed by atoms with van der Waals surface area (Å²) in [5, 5.41) is 4.68. The molecule has 2 aliphatic heterocycles. The number of hydrogen-bond acceptors (Lipinski definition) is 6. The van der Waals surface area contributed by atoms with Crippen molar-refractivity contribution in [3.8, 4) is 0 Å². The Kier molecular flexibility index (Phi) is 5.61. The minimum Gasteiger partial charge on any atom is -0.342 e. The summed E-state index contributed by atoms with van der Waals surface area (Å²) in [6.45, 7) is 0.395. The molecule has 2 fully saturated rings. The number of carbonyl (C=O) groups is 3. The van der Waals surface area contributed by atoms with Crippen LogP contribution in [0.4, 0.5) is 0 Å². The lowest BCUT2D eigenvalue weighted by Crippen LogP contribution is -2.70. The number of benzene rings is 1. The van der Waals surface area contributed by atoms with Crippen LogP contribution in [0.5, 0.6) is 0 Å². The fraction of sp³-hybridized carbons (Fsp3) is 0.350. The van der Waals surface area contributed by atoms with E-state index in [1.165, 1.54) is 33.3 Å². The van der Waals surface area contributed by atoms with E-state index in [0.29, 0.717) is 6.42 Å². The molecular weight excluding hydrogens is 426 g/mol. The van der Waals surface area contributed by atoms with Gasteiger partial charge in [-0.2, -0.15) is 0 Å². The molecule has 0 unspecified atom stereocenters. The third-order valence-corrected chi connectivity index (χ3v) is 7.85. The molecule has 10 heteroatoms. The minimum absolute atomic E-state index is 0.00750. The Morgan fingerprint density at radius 3 is 2.57 bits per heavy atom. The third kappa shape index (κ3) is 4.10. The van der Waals surface area contributed by atoms with Crippen molar-refractivity contribution >= 4 is 38.9 Å². The number of rotatable bonds is 5. The van der Waals surface area contributed by atoms with Crippen LogP contribution in [0.25, 0.3) is 0 Å². The fourth-order valence-electron chi connectivity index (χ4n) is 3.76. The zero-order valence-electron chi connectivity index (χ0n) is 16.1. The Labute approximate surface area is 178 Å². The van der Waals surface area contributed by atoms with Gasteiger partial charge in [-0.05, 0) is 23.6 Å². The highest BCUT2D eigenvalue weighted by Crippen LogP contribution is 2.21. The zero-order chi connectivity index (χ0) is 21.3. The second kappa shape index (κ2) is 8.19. The predicted molar refractivity (Wildman–Crippen MR) is 111 cm³/mol. The second-order valence-electron chi connectivity index (χ2n) is 7.30. The van der Waals surface area contributed by atoms with Crippen LogP contribution in [0, 0.1) is 0 Å². The molecule has 158 valence electrons. The van der Waals surface area contributed by atoms with Crippen LogP contribution in [0.3, 0.4) is 0 Å². The molecule has 2 aromatic rings. The lowest BCUT2D eigenvalue weighted by molar-refractivity contribution is -0.155. The van der Waals surface area contributed by atoms with Crippen LogP contribution in [-0.4, -0.2) is 73.4 Å². The van der Waals surface area contributed by atoms with Crippen LogP contribution in [0.1, 0.15) is 4.88 Å². The molecule has 1 N–H and O–H groups in total. The number of carbonyl (C=O) groups excluding carboxylic acids is 3. The van der Waals surface area contributed by atoms with E-state index < -0.39 is 33.6 Å². The van der Waals surface area contributed by atoms with Crippen molar-refractivity contribution in [2.45, 2.75) is 23.4 Å². The van der Waals surface area contributed by atoms with Crippen molar-refractivity contribution in [1.82, 2.24) is 15.1 Å². The molecule has 0 radical (unpaired) electrons. The average molecular weight is 448 g/mol. The average Bonchev–Trinajstić information content (AvgIpc) is 3.25. The molecule has 0 saturated carbocycles. The molecular formula is C20H21N3O5S2. The monoisotopic (exact) mass is 447 g/mol. The second-order valence-corrected chi connectivity index (χ2v) is 10.3. The number of nitrogens with one attached hydrogen (secondary N) is 1. The molecule has 2 aliphatic rings. The fourth-order valence-corrected chi connectivity index (χ4v) is 5.76. The van der Waals surface area contributed by atoms with Gasteiger partial charge < -0.3 is 15.1 Å². The van der Waals surface area contributed by atoms with Crippen LogP contribution in [-0.2, 0) is 30.6 Å². The van der Waals surface area contributed by atoms with Gasteiger partial charge in [0.1, 0.15) is 17.8 Å². The zero-order valence-corrected chi connectivity index (χ0v) is 17.7. The molecule has 4 rings (SSSR count). The molecule has 3 heterocycles. The number of amides is 3. The van der Waals surface area contributed by atoms with Gasteiger partial charge in [0.15, 0.2) is 9.84 Å². The quantitative estimate of drug-likeness (QED) is 0.710. The highest BCUT2D eigenvalue weighted by Gasteiger charge is 2.44. The number of piperazine rings is 2. The smallest absolute Gasteiger partial charge is 0.246 e. The largest absolute Gasteiger partial charge is 0.342 e. The summed E-state index contributed by atoms with van der Waals surface area (Å²) in [4.78, 5) is 42.1. The first-order valence-electron chi connectivity index (χ1n) is 9.54. The highest BCUT2D eigenvalue weighted by atomic mass is 32.2. The summed E-state index contributed by atoms with van der Waals surface area (Å²) in [5.74, 6) is -1.73. The van der Waals surface area contributed by atoms with E-state index in [0.717, 1.165) is 4.88 Å². The van der Waals surface area contributed by atoms with E-state index in [4.69, 9.17) is 0 Å². The highest BCUT2D eigenvalue weighted by molar-refractivity contribution is 7.92. The number of nitrogens with zero attached hydrogens (tertiary/aromatic N) is 2. The maximum Gasteiger partial charge on any atom is 0.246 e. The Hall–Kier alpha value is -2.72. The molecule has 1 aromatic heterocycles. The van der Waals surface area contributed by atoms with Gasteiger partial charge in [-0.15, -0.1) is 11.3 Å². The van der Waals surface area contributed by atoms with E-state index >= 15 is 0 Å². The van der Waals surface area contributed by atoms with Crippen molar-refractivity contribution < 1.29 is 22.8 Å². The van der Waals surface area contributed by atoms with Crippen LogP contribution >= 0.6 is 11.3 Å². The first-order valence-corrected chi connectivity index (χ1v) is 12.1. The SMILES string of the molecule is O=C1N[C@H](Cc2cccs2)C(=O)N2CCN(C(=O)CS(=O)(=O)c3ccccc3)C[C@@H]12. The minimum atomic E-state index is -3.77. The van der Waals surface area contributed by atoms with Crippen molar-refractivity contribution in [1.29, 1.82) is 0 Å². The van der Waals surface area contributed by atoms with Gasteiger partial charge in [0.2, 0.25) is 17.7 Å². The lowest BCUT2D eigenvalue weighted by Gasteiger charge is -2.45. The normalized spacial score (nSPS) is 21.9. The Morgan fingerprint density at radius 2 is 1.87 bits per heavy atom. The third-order valence-electron chi connectivity index (χ3n) is 5.33. The summed E-state index contributed by atoms with van der Waals surface area (Å²) < 4.78 is 25.0. The molecule has 0 aliphatic carbocycles. The molecule has 1 aromatic carbocycles. The van der Waals surface area contributed by atoms with Crippen LogP contribution in [0.15, 0.2) is 52.7 Å². The summed E-state index contributed by atoms with van der Waals surface area (Å²) in [7, 11) is -3.77. The van der Waals surface area contributed by atoms with Crippen molar-refractivity contribution in [2.75, 3.05) is 25.4 Å².